The molecule has 0 unspecified atom stereocenters. The highest BCUT2D eigenvalue weighted by Gasteiger charge is 2.12. The third-order valence-electron chi connectivity index (χ3n) is 3.92. The quantitative estimate of drug-likeness (QED) is 0.415. The van der Waals surface area contributed by atoms with Crippen molar-refractivity contribution >= 4 is 16.6 Å². The average molecular weight is 348 g/mol. The minimum absolute atomic E-state index is 0.151. The number of benzene rings is 2. The van der Waals surface area contributed by atoms with Gasteiger partial charge in [0.2, 0.25) is 5.89 Å². The molecule has 0 saturated heterocycles. The number of aromatic nitrogens is 3. The van der Waals surface area contributed by atoms with Crippen LogP contribution in [-0.2, 0) is 6.54 Å². The van der Waals surface area contributed by atoms with Gasteiger partial charge < -0.3 is 4.42 Å². The maximum atomic E-state index is 12.6. The Labute approximate surface area is 146 Å². The molecule has 0 fully saturated rings. The van der Waals surface area contributed by atoms with Gasteiger partial charge in [-0.3, -0.25) is 19.5 Å². The zero-order valence-electron chi connectivity index (χ0n) is 13.4. The highest BCUT2D eigenvalue weighted by atomic mass is 16.6. The van der Waals surface area contributed by atoms with Crippen LogP contribution in [0.25, 0.3) is 22.4 Å². The van der Waals surface area contributed by atoms with Gasteiger partial charge in [0.05, 0.1) is 34.4 Å². The van der Waals surface area contributed by atoms with E-state index in [4.69, 9.17) is 4.42 Å². The van der Waals surface area contributed by atoms with Crippen LogP contribution in [0.4, 0.5) is 5.69 Å². The van der Waals surface area contributed by atoms with E-state index in [0.29, 0.717) is 17.1 Å². The molecule has 2 aromatic heterocycles. The molecule has 0 N–H and O–H groups in total. The van der Waals surface area contributed by atoms with Gasteiger partial charge in [0, 0.05) is 17.7 Å². The zero-order valence-corrected chi connectivity index (χ0v) is 13.4. The predicted octanol–water partition coefficient (Wildman–Crippen LogP) is 3.01. The van der Waals surface area contributed by atoms with Crippen LogP contribution in [0.5, 0.6) is 0 Å². The number of non-ortho nitro benzene ring substituents is 1. The monoisotopic (exact) mass is 348 g/mol. The van der Waals surface area contributed by atoms with Crippen LogP contribution >= 0.6 is 0 Å². The molecule has 2 aromatic carbocycles. The molecule has 0 spiro atoms. The number of rotatable bonds is 4. The van der Waals surface area contributed by atoms with Gasteiger partial charge in [-0.2, -0.15) is 0 Å². The van der Waals surface area contributed by atoms with Gasteiger partial charge in [0.1, 0.15) is 6.26 Å². The molecule has 26 heavy (non-hydrogen) atoms. The summed E-state index contributed by atoms with van der Waals surface area (Å²) in [4.78, 5) is 31.6. The molecule has 4 aromatic rings. The summed E-state index contributed by atoms with van der Waals surface area (Å²) in [6.07, 6.45) is 2.87. The molecular weight excluding hydrogens is 336 g/mol. The van der Waals surface area contributed by atoms with E-state index in [2.05, 4.69) is 9.97 Å². The van der Waals surface area contributed by atoms with E-state index in [-0.39, 0.29) is 23.2 Å². The van der Waals surface area contributed by atoms with Crippen molar-refractivity contribution in [1.82, 2.24) is 14.5 Å². The lowest BCUT2D eigenvalue weighted by atomic mass is 10.2. The molecule has 4 rings (SSSR count). The molecule has 0 aliphatic heterocycles. The minimum atomic E-state index is -0.542. The molecule has 0 atom stereocenters. The third kappa shape index (κ3) is 2.84. The summed E-state index contributed by atoms with van der Waals surface area (Å²) in [5, 5.41) is 11.1. The van der Waals surface area contributed by atoms with Crippen molar-refractivity contribution in [3.05, 3.63) is 87.3 Å². The van der Waals surface area contributed by atoms with Crippen molar-refractivity contribution in [3.8, 4) is 11.5 Å². The van der Waals surface area contributed by atoms with Crippen molar-refractivity contribution < 1.29 is 9.34 Å². The highest BCUT2D eigenvalue weighted by molar-refractivity contribution is 5.79. The molecule has 0 aliphatic rings. The van der Waals surface area contributed by atoms with Crippen LogP contribution in [0.1, 0.15) is 5.69 Å². The van der Waals surface area contributed by atoms with Gasteiger partial charge in [0.25, 0.3) is 11.2 Å². The lowest BCUT2D eigenvalue weighted by Crippen LogP contribution is -2.21. The lowest BCUT2D eigenvalue weighted by molar-refractivity contribution is -0.384. The van der Waals surface area contributed by atoms with Crippen LogP contribution in [0.15, 0.2) is 70.3 Å². The van der Waals surface area contributed by atoms with E-state index < -0.39 is 4.92 Å². The first kappa shape index (κ1) is 15.7. The molecule has 0 bridgehead atoms. The summed E-state index contributed by atoms with van der Waals surface area (Å²) in [6, 6.07) is 13.4. The number of nitro benzene ring substituents is 1. The van der Waals surface area contributed by atoms with Gasteiger partial charge in [-0.25, -0.2) is 9.97 Å². The van der Waals surface area contributed by atoms with Crippen LogP contribution < -0.4 is 5.56 Å². The highest BCUT2D eigenvalue weighted by Crippen LogP contribution is 2.19. The largest absolute Gasteiger partial charge is 0.444 e. The van der Waals surface area contributed by atoms with Crippen LogP contribution in [-0.4, -0.2) is 19.5 Å². The number of nitro groups is 1. The van der Waals surface area contributed by atoms with Gasteiger partial charge >= 0.3 is 0 Å². The Kier molecular flexibility index (Phi) is 3.77. The summed E-state index contributed by atoms with van der Waals surface area (Å²) in [7, 11) is 0. The molecule has 128 valence electrons. The van der Waals surface area contributed by atoms with Crippen LogP contribution in [0.2, 0.25) is 0 Å². The number of oxazole rings is 1. The summed E-state index contributed by atoms with van der Waals surface area (Å²) in [5.74, 6) is 0.457. The fourth-order valence-electron chi connectivity index (χ4n) is 2.64. The summed E-state index contributed by atoms with van der Waals surface area (Å²) in [5.41, 5.74) is 1.27. The molecule has 0 aliphatic carbocycles. The molecule has 0 saturated carbocycles. The van der Waals surface area contributed by atoms with E-state index in [1.165, 1.54) is 35.4 Å². The number of nitrogens with zero attached hydrogens (tertiary/aromatic N) is 4. The maximum absolute atomic E-state index is 12.6. The fraction of sp³-hybridized carbons (Fsp3) is 0.0556. The Morgan fingerprint density at radius 1 is 1.15 bits per heavy atom. The predicted molar refractivity (Wildman–Crippen MR) is 93.7 cm³/mol. The smallest absolute Gasteiger partial charge is 0.270 e. The van der Waals surface area contributed by atoms with Crippen molar-refractivity contribution in [2.45, 2.75) is 6.54 Å². The zero-order chi connectivity index (χ0) is 18.1. The fourth-order valence-corrected chi connectivity index (χ4v) is 2.64. The van der Waals surface area contributed by atoms with E-state index in [0.717, 1.165) is 5.56 Å². The van der Waals surface area contributed by atoms with Crippen molar-refractivity contribution in [3.63, 3.8) is 0 Å². The molecule has 2 heterocycles. The van der Waals surface area contributed by atoms with E-state index >= 15 is 0 Å². The van der Waals surface area contributed by atoms with Gasteiger partial charge in [0.15, 0.2) is 0 Å². The van der Waals surface area contributed by atoms with Crippen LogP contribution in [0, 0.1) is 10.1 Å². The van der Waals surface area contributed by atoms with E-state index in [1.807, 2.05) is 30.3 Å². The van der Waals surface area contributed by atoms with E-state index in [9.17, 15) is 14.9 Å². The SMILES string of the molecule is O=c1c2cc([N+](=O)[O-])ccc2ncn1Cc1coc(-c2ccccc2)n1. The minimum Gasteiger partial charge on any atom is -0.444 e. The topological polar surface area (TPSA) is 104 Å². The first-order valence-corrected chi connectivity index (χ1v) is 7.75. The van der Waals surface area contributed by atoms with Crippen LogP contribution in [0.3, 0.4) is 0 Å². The second kappa shape index (κ2) is 6.25. The first-order valence-electron chi connectivity index (χ1n) is 7.75. The Bertz CT molecular complexity index is 1160. The lowest BCUT2D eigenvalue weighted by Gasteiger charge is -2.04. The molecule has 0 amide bonds. The Hall–Kier alpha value is -3.81. The molecule has 0 radical (unpaired) electrons. The van der Waals surface area contributed by atoms with E-state index in [1.54, 1.807) is 0 Å². The average Bonchev–Trinajstić information content (AvgIpc) is 3.13. The number of hydrogen-bond acceptors (Lipinski definition) is 6. The number of fused-ring (bicyclic) bond motifs is 1. The van der Waals surface area contributed by atoms with Gasteiger partial charge in [-0.15, -0.1) is 0 Å². The van der Waals surface area contributed by atoms with Gasteiger partial charge in [-0.05, 0) is 18.2 Å². The second-order valence-electron chi connectivity index (χ2n) is 5.65. The van der Waals surface area contributed by atoms with Gasteiger partial charge in [-0.1, -0.05) is 18.2 Å². The normalized spacial score (nSPS) is 10.9. The second-order valence-corrected chi connectivity index (χ2v) is 5.65. The summed E-state index contributed by atoms with van der Waals surface area (Å²) >= 11 is 0. The Morgan fingerprint density at radius 2 is 1.96 bits per heavy atom. The summed E-state index contributed by atoms with van der Waals surface area (Å²) < 4.78 is 6.81. The van der Waals surface area contributed by atoms with Crippen molar-refractivity contribution in [2.24, 2.45) is 0 Å². The molecule has 8 heteroatoms. The standard InChI is InChI=1S/C18H12N4O4/c23-18-15-8-14(22(24)25)6-7-16(15)19-11-21(18)9-13-10-26-17(20-13)12-4-2-1-3-5-12/h1-8,10-11H,9H2. The maximum Gasteiger partial charge on any atom is 0.270 e. The third-order valence-corrected chi connectivity index (χ3v) is 3.92. The van der Waals surface area contributed by atoms with Crippen molar-refractivity contribution in [2.75, 3.05) is 0 Å². The molecule has 8 nitrogen and oxygen atoms in total. The van der Waals surface area contributed by atoms with Crippen molar-refractivity contribution in [1.29, 1.82) is 0 Å². The Morgan fingerprint density at radius 3 is 2.73 bits per heavy atom. The molecular formula is C18H12N4O4. The first-order chi connectivity index (χ1) is 12.6. The summed E-state index contributed by atoms with van der Waals surface area (Å²) in [6.45, 7) is 0.154. The number of hydrogen-bond donors (Lipinski definition) is 0. The Balaban J connectivity index is 1.69.